The van der Waals surface area contributed by atoms with Gasteiger partial charge < -0.3 is 19.1 Å². The number of rotatable bonds is 4. The Bertz CT molecular complexity index is 1550. The third-order valence-electron chi connectivity index (χ3n) is 10.5. The van der Waals surface area contributed by atoms with Crippen molar-refractivity contribution in [2.45, 2.75) is 69.1 Å². The molecule has 2 aromatic carbocycles. The van der Waals surface area contributed by atoms with Gasteiger partial charge in [-0.15, -0.1) is 0 Å². The number of halogens is 1. The molecule has 2 aliphatic carbocycles. The monoisotopic (exact) mass is 656 g/mol. The third-order valence-corrected chi connectivity index (χ3v) is 12.6. The summed E-state index contributed by atoms with van der Waals surface area (Å²) in [5, 5.41) is -0.148. The van der Waals surface area contributed by atoms with E-state index in [2.05, 4.69) is 27.8 Å². The number of aryl methyl sites for hydroxylation is 1. The Balaban J connectivity index is 1.42. The molecule has 1 saturated carbocycles. The zero-order valence-electron chi connectivity index (χ0n) is 26.5. The fraction of sp³-hybridized carbons (Fsp3) is 0.571. The van der Waals surface area contributed by atoms with Crippen LogP contribution in [0.15, 0.2) is 48.6 Å². The van der Waals surface area contributed by atoms with Crippen LogP contribution in [0.25, 0.3) is 0 Å². The summed E-state index contributed by atoms with van der Waals surface area (Å²) in [4.78, 5) is 16.0. The number of methoxy groups -OCH3 is 1. The van der Waals surface area contributed by atoms with Crippen molar-refractivity contribution in [2.24, 2.45) is 17.8 Å². The first kappa shape index (κ1) is 32.4. The van der Waals surface area contributed by atoms with Crippen LogP contribution in [0.1, 0.15) is 67.4 Å². The van der Waals surface area contributed by atoms with Crippen LogP contribution < -0.4 is 14.4 Å². The molecule has 0 radical (unpaired) electrons. The third kappa shape index (κ3) is 6.51. The summed E-state index contributed by atoms with van der Waals surface area (Å²) >= 11 is 6.42. The topological polar surface area (TPSA) is 94.2 Å². The normalized spacial score (nSPS) is 31.9. The van der Waals surface area contributed by atoms with E-state index in [0.717, 1.165) is 55.9 Å². The molecule has 1 amide bonds. The Morgan fingerprint density at radius 1 is 1.18 bits per heavy atom. The predicted molar refractivity (Wildman–Crippen MR) is 177 cm³/mol. The summed E-state index contributed by atoms with van der Waals surface area (Å²) in [7, 11) is -2.29. The Morgan fingerprint density at radius 3 is 2.78 bits per heavy atom. The molecule has 244 valence electrons. The number of anilines is 1. The second kappa shape index (κ2) is 13.3. The number of benzene rings is 2. The fourth-order valence-corrected chi connectivity index (χ4v) is 9.55. The van der Waals surface area contributed by atoms with E-state index in [1.54, 1.807) is 19.2 Å². The molecule has 6 atom stereocenters. The molecule has 2 aliphatic heterocycles. The number of nitrogens with zero attached hydrogens (tertiary/aromatic N) is 1. The van der Waals surface area contributed by atoms with Crippen LogP contribution in [0.4, 0.5) is 5.69 Å². The lowest BCUT2D eigenvalue weighted by atomic mass is 9.68. The Kier molecular flexibility index (Phi) is 9.53. The number of hydrogen-bond donors (Lipinski definition) is 1. The second-order valence-corrected chi connectivity index (χ2v) is 15.6. The van der Waals surface area contributed by atoms with Gasteiger partial charge in [-0.05, 0) is 105 Å². The van der Waals surface area contributed by atoms with Gasteiger partial charge in [-0.25, -0.2) is 13.1 Å². The number of ether oxygens (including phenoxy) is 3. The second-order valence-electron chi connectivity index (χ2n) is 13.3. The molecule has 0 unspecified atom stereocenters. The minimum Gasteiger partial charge on any atom is -0.490 e. The molecule has 0 aromatic heterocycles. The number of nitrogens with one attached hydrogen (secondary N) is 1. The van der Waals surface area contributed by atoms with Crippen molar-refractivity contribution in [2.75, 3.05) is 44.9 Å². The van der Waals surface area contributed by atoms with Crippen molar-refractivity contribution in [3.63, 3.8) is 0 Å². The lowest BCUT2D eigenvalue weighted by Crippen LogP contribution is -2.49. The zero-order valence-corrected chi connectivity index (χ0v) is 28.0. The molecule has 4 aliphatic rings. The first-order valence-corrected chi connectivity index (χ1v) is 18.2. The number of carbonyl (C=O) groups is 1. The molecule has 8 nitrogen and oxygen atoms in total. The minimum absolute atomic E-state index is 0.00704. The van der Waals surface area contributed by atoms with Gasteiger partial charge in [0.15, 0.2) is 0 Å². The first-order valence-electron chi connectivity index (χ1n) is 16.3. The number of fused-ring (bicyclic) bond motifs is 4. The van der Waals surface area contributed by atoms with Crippen LogP contribution in [0.2, 0.25) is 5.02 Å². The SMILES string of the molecule is CCOC[C@H]1[C@@H](C)C/C=C/[C@H](OC)[C@@H]2CC[C@H]2CN2C[C@@]3(CCCc4cc(Cl)ccc43)COc3ccc(cc32)C(=O)NS1(=O)=O. The summed E-state index contributed by atoms with van der Waals surface area (Å²) in [6, 6.07) is 11.5. The van der Waals surface area contributed by atoms with E-state index in [1.807, 2.05) is 32.1 Å². The van der Waals surface area contributed by atoms with Gasteiger partial charge in [0.25, 0.3) is 5.91 Å². The van der Waals surface area contributed by atoms with E-state index >= 15 is 0 Å². The maximum Gasteiger partial charge on any atom is 0.264 e. The molecule has 2 heterocycles. The van der Waals surface area contributed by atoms with Gasteiger partial charge in [0, 0.05) is 42.8 Å². The maximum absolute atomic E-state index is 13.6. The van der Waals surface area contributed by atoms with Crippen LogP contribution in [0.5, 0.6) is 5.75 Å². The van der Waals surface area contributed by atoms with E-state index in [1.165, 1.54) is 11.1 Å². The van der Waals surface area contributed by atoms with E-state index in [4.69, 9.17) is 25.8 Å². The van der Waals surface area contributed by atoms with Crippen molar-refractivity contribution in [1.29, 1.82) is 0 Å². The first-order chi connectivity index (χ1) is 21.6. The standard InChI is InChI=1S/C35H45ClN2O6S/c1-4-43-20-33-23(2)7-5-9-31(42-3)28-13-10-26(28)19-38-21-35(16-6-8-24-17-27(36)12-14-29(24)35)22-44-32-15-11-25(18-30(32)38)34(39)37-45(33,40)41/h5,9,11-12,14-15,17-18,23,26,28,31,33H,4,6-8,10,13,16,19-22H2,1-3H3,(H,37,39)/b9-5+/t23-,26-,28+,31-,33-,35-/m0/s1. The molecule has 45 heavy (non-hydrogen) atoms. The maximum atomic E-state index is 13.6. The smallest absolute Gasteiger partial charge is 0.264 e. The minimum atomic E-state index is -4.04. The molecule has 1 fully saturated rings. The summed E-state index contributed by atoms with van der Waals surface area (Å²) < 4.78 is 47.8. The molecular formula is C35H45ClN2O6S. The van der Waals surface area contributed by atoms with E-state index in [9.17, 15) is 13.2 Å². The molecule has 1 spiro atoms. The number of carbonyl (C=O) groups excluding carboxylic acids is 1. The Hall–Kier alpha value is -2.59. The van der Waals surface area contributed by atoms with E-state index < -0.39 is 21.2 Å². The van der Waals surface area contributed by atoms with Gasteiger partial charge >= 0.3 is 0 Å². The van der Waals surface area contributed by atoms with Gasteiger partial charge in [-0.3, -0.25) is 4.79 Å². The van der Waals surface area contributed by atoms with Gasteiger partial charge in [0.05, 0.1) is 25.0 Å². The van der Waals surface area contributed by atoms with E-state index in [0.29, 0.717) is 37.2 Å². The largest absolute Gasteiger partial charge is 0.490 e. The number of amides is 1. The molecule has 0 saturated heterocycles. The van der Waals surface area contributed by atoms with Gasteiger partial charge in [-0.1, -0.05) is 36.7 Å². The van der Waals surface area contributed by atoms with Crippen LogP contribution >= 0.6 is 11.6 Å². The summed E-state index contributed by atoms with van der Waals surface area (Å²) in [5.74, 6) is 0.512. The lowest BCUT2D eigenvalue weighted by Gasteiger charge is -2.46. The van der Waals surface area contributed by atoms with Crippen molar-refractivity contribution in [3.8, 4) is 5.75 Å². The summed E-state index contributed by atoms with van der Waals surface area (Å²) in [5.41, 5.74) is 3.41. The average Bonchev–Trinajstić information content (AvgIpc) is 3.14. The van der Waals surface area contributed by atoms with E-state index in [-0.39, 0.29) is 29.6 Å². The van der Waals surface area contributed by atoms with Crippen molar-refractivity contribution < 1.29 is 27.4 Å². The summed E-state index contributed by atoms with van der Waals surface area (Å²) in [6.07, 6.45) is 9.76. The molecule has 6 rings (SSSR count). The number of hydrogen-bond acceptors (Lipinski definition) is 7. The molecule has 10 heteroatoms. The Morgan fingerprint density at radius 2 is 2.02 bits per heavy atom. The average molecular weight is 657 g/mol. The van der Waals surface area contributed by atoms with Crippen molar-refractivity contribution in [3.05, 3.63) is 70.3 Å². The van der Waals surface area contributed by atoms with Crippen LogP contribution in [0.3, 0.4) is 0 Å². The van der Waals surface area contributed by atoms with Crippen LogP contribution in [-0.2, 0) is 31.3 Å². The molecule has 1 N–H and O–H groups in total. The highest BCUT2D eigenvalue weighted by Gasteiger charge is 2.44. The van der Waals surface area contributed by atoms with Crippen molar-refractivity contribution >= 4 is 33.2 Å². The van der Waals surface area contributed by atoms with Gasteiger partial charge in [-0.2, -0.15) is 0 Å². The van der Waals surface area contributed by atoms with Crippen LogP contribution in [0, 0.1) is 17.8 Å². The molecule has 2 aromatic rings. The summed E-state index contributed by atoms with van der Waals surface area (Å²) in [6.45, 7) is 6.14. The molecular weight excluding hydrogens is 612 g/mol. The number of allylic oxidation sites excluding steroid dienone is 1. The highest BCUT2D eigenvalue weighted by atomic mass is 35.5. The quantitative estimate of drug-likeness (QED) is 0.409. The Labute approximate surface area is 272 Å². The van der Waals surface area contributed by atoms with Crippen molar-refractivity contribution in [1.82, 2.24) is 4.72 Å². The van der Waals surface area contributed by atoms with Gasteiger partial charge in [0.2, 0.25) is 10.0 Å². The highest BCUT2D eigenvalue weighted by Crippen LogP contribution is 2.47. The zero-order chi connectivity index (χ0) is 31.8. The fourth-order valence-electron chi connectivity index (χ4n) is 7.83. The molecule has 2 bridgehead atoms. The highest BCUT2D eigenvalue weighted by molar-refractivity contribution is 7.90. The number of sulfonamides is 1. The lowest BCUT2D eigenvalue weighted by molar-refractivity contribution is 0.0131. The van der Waals surface area contributed by atoms with Crippen LogP contribution in [-0.4, -0.2) is 65.7 Å². The predicted octanol–water partition coefficient (Wildman–Crippen LogP) is 5.92. The van der Waals surface area contributed by atoms with Gasteiger partial charge in [0.1, 0.15) is 11.0 Å².